The third-order valence-electron chi connectivity index (χ3n) is 6.46. The van der Waals surface area contributed by atoms with Crippen molar-refractivity contribution in [1.29, 1.82) is 0 Å². The zero-order valence-electron chi connectivity index (χ0n) is 15.7. The van der Waals surface area contributed by atoms with Gasteiger partial charge in [0.05, 0.1) is 10.6 Å². The van der Waals surface area contributed by atoms with Crippen LogP contribution in [-0.2, 0) is 0 Å². The monoisotopic (exact) mass is 499 g/mol. The van der Waals surface area contributed by atoms with Crippen LogP contribution in [0.4, 0.5) is 0 Å². The van der Waals surface area contributed by atoms with Gasteiger partial charge in [-0.1, -0.05) is 11.6 Å². The molecule has 4 fully saturated rings. The van der Waals surface area contributed by atoms with E-state index >= 15 is 0 Å². The van der Waals surface area contributed by atoms with E-state index in [2.05, 4.69) is 71.1 Å². The molecule has 4 aliphatic rings. The van der Waals surface area contributed by atoms with Crippen molar-refractivity contribution in [3.05, 3.63) is 26.3 Å². The van der Waals surface area contributed by atoms with Crippen LogP contribution in [0.15, 0.2) is 17.0 Å². The van der Waals surface area contributed by atoms with E-state index in [0.717, 1.165) is 41.4 Å². The molecule has 0 saturated heterocycles. The Labute approximate surface area is 181 Å². The van der Waals surface area contributed by atoms with Crippen LogP contribution < -0.4 is 0 Å². The van der Waals surface area contributed by atoms with Crippen LogP contribution in [0.5, 0.6) is 0 Å². The largest absolute Gasteiger partial charge is 0.333 e. The number of benzene rings is 1. The van der Waals surface area contributed by atoms with Gasteiger partial charge in [-0.25, -0.2) is 0 Å². The zero-order chi connectivity index (χ0) is 18.3. The van der Waals surface area contributed by atoms with Gasteiger partial charge in [-0.3, -0.25) is 0 Å². The third kappa shape index (κ3) is 3.76. The summed E-state index contributed by atoms with van der Waals surface area (Å²) in [5.74, 6) is 6.33. The quantitative estimate of drug-likeness (QED) is 0.259. The molecule has 0 aromatic heterocycles. The van der Waals surface area contributed by atoms with Crippen molar-refractivity contribution >= 4 is 46.0 Å². The van der Waals surface area contributed by atoms with Crippen LogP contribution in [0.3, 0.4) is 0 Å². The maximum atomic E-state index is 6.62. The fourth-order valence-electron chi connectivity index (χ4n) is 5.64. The first-order valence-corrected chi connectivity index (χ1v) is 12.2. The average Bonchev–Trinajstić information content (AvgIpc) is 2.59. The standard InChI is InChI=1S/C22H27ClINS/c1-3-25(4-2)8-7-18-19(23)5-6-20(24)21(18)26-22-12-15-9-16(13-22)11-17(10-15)14-22/h5-6,15-17H,3-4,9-14H2,1-2H3. The molecule has 0 N–H and O–H groups in total. The molecule has 0 amide bonds. The Kier molecular flexibility index (Phi) is 5.75. The van der Waals surface area contributed by atoms with Gasteiger partial charge in [-0.15, -0.1) is 11.8 Å². The van der Waals surface area contributed by atoms with Crippen LogP contribution in [0.1, 0.15) is 57.9 Å². The molecule has 26 heavy (non-hydrogen) atoms. The maximum Gasteiger partial charge on any atom is 0.0597 e. The summed E-state index contributed by atoms with van der Waals surface area (Å²) in [6.07, 6.45) is 8.66. The Balaban J connectivity index is 1.67. The predicted molar refractivity (Wildman–Crippen MR) is 121 cm³/mol. The van der Waals surface area contributed by atoms with Crippen molar-refractivity contribution in [2.24, 2.45) is 17.8 Å². The van der Waals surface area contributed by atoms with Gasteiger partial charge in [0.15, 0.2) is 0 Å². The fourth-order valence-corrected chi connectivity index (χ4v) is 8.50. The highest BCUT2D eigenvalue weighted by atomic mass is 127. The Bertz CT molecular complexity index is 711. The molecule has 0 heterocycles. The first-order chi connectivity index (χ1) is 12.5. The number of thioether (sulfide) groups is 1. The minimum absolute atomic E-state index is 0.435. The van der Waals surface area contributed by atoms with Gasteiger partial charge in [0.25, 0.3) is 0 Å². The summed E-state index contributed by atoms with van der Waals surface area (Å²) in [7, 11) is 0. The number of hydrogen-bond donors (Lipinski definition) is 0. The molecule has 4 bridgehead atoms. The summed E-state index contributed by atoms with van der Waals surface area (Å²) >= 11 is 11.2. The van der Waals surface area contributed by atoms with E-state index in [4.69, 9.17) is 11.6 Å². The lowest BCUT2D eigenvalue weighted by Crippen LogP contribution is -2.48. The van der Waals surface area contributed by atoms with Gasteiger partial charge < -0.3 is 4.90 Å². The normalized spacial score (nSPS) is 31.6. The summed E-state index contributed by atoms with van der Waals surface area (Å²) in [4.78, 5) is 3.48. The molecule has 4 heteroatoms. The molecule has 0 atom stereocenters. The van der Waals surface area contributed by atoms with Crippen LogP contribution in [0.25, 0.3) is 0 Å². The van der Waals surface area contributed by atoms with Gasteiger partial charge in [0.2, 0.25) is 0 Å². The van der Waals surface area contributed by atoms with Crippen LogP contribution >= 0.6 is 46.0 Å². The van der Waals surface area contributed by atoms with Crippen molar-refractivity contribution < 1.29 is 0 Å². The fraction of sp³-hybridized carbons (Fsp3) is 0.636. The molecule has 5 rings (SSSR count). The summed E-state index contributed by atoms with van der Waals surface area (Å²) in [6, 6.07) is 7.51. The minimum atomic E-state index is 0.435. The second-order valence-electron chi connectivity index (χ2n) is 8.35. The SMILES string of the molecule is CCN(C#Cc1c(Cl)ccc(I)c1SC12CC3CC(CC(C3)C1)C2)CC. The third-order valence-corrected chi connectivity index (χ3v) is 9.60. The Morgan fingerprint density at radius 3 is 2.23 bits per heavy atom. The lowest BCUT2D eigenvalue weighted by Gasteiger charge is -2.56. The van der Waals surface area contributed by atoms with E-state index in [-0.39, 0.29) is 0 Å². The van der Waals surface area contributed by atoms with Crippen molar-refractivity contribution in [3.63, 3.8) is 0 Å². The molecule has 1 aromatic carbocycles. The van der Waals surface area contributed by atoms with Crippen molar-refractivity contribution in [2.75, 3.05) is 13.1 Å². The second-order valence-corrected chi connectivity index (χ2v) is 11.4. The highest BCUT2D eigenvalue weighted by Gasteiger charge is 2.51. The summed E-state index contributed by atoms with van der Waals surface area (Å²) in [5, 5.41) is 0.803. The number of nitrogens with zero attached hydrogens (tertiary/aromatic N) is 1. The zero-order valence-corrected chi connectivity index (χ0v) is 19.4. The van der Waals surface area contributed by atoms with E-state index in [9.17, 15) is 0 Å². The lowest BCUT2D eigenvalue weighted by molar-refractivity contribution is 0.0383. The van der Waals surface area contributed by atoms with E-state index < -0.39 is 0 Å². The Hall–Kier alpha value is -0.0500. The summed E-state index contributed by atoms with van der Waals surface area (Å²) < 4.78 is 1.74. The van der Waals surface area contributed by atoms with E-state index in [0.29, 0.717) is 4.75 Å². The first-order valence-electron chi connectivity index (χ1n) is 9.95. The van der Waals surface area contributed by atoms with Gasteiger partial charge in [0.1, 0.15) is 0 Å². The smallest absolute Gasteiger partial charge is 0.0597 e. The molecule has 4 saturated carbocycles. The molecule has 4 aliphatic carbocycles. The van der Waals surface area contributed by atoms with Gasteiger partial charge in [0, 0.05) is 32.3 Å². The average molecular weight is 500 g/mol. The number of rotatable bonds is 4. The molecule has 0 unspecified atom stereocenters. The predicted octanol–water partition coefficient (Wildman–Crippen LogP) is 6.66. The molecule has 140 valence electrons. The van der Waals surface area contributed by atoms with E-state index in [1.807, 2.05) is 6.07 Å². The number of hydrogen-bond acceptors (Lipinski definition) is 2. The maximum absolute atomic E-state index is 6.62. The summed E-state index contributed by atoms with van der Waals surface area (Å²) in [6.45, 7) is 6.20. The number of halogens is 2. The van der Waals surface area contributed by atoms with E-state index in [1.54, 1.807) is 0 Å². The molecule has 0 spiro atoms. The molecule has 0 aliphatic heterocycles. The lowest BCUT2D eigenvalue weighted by atomic mass is 9.56. The van der Waals surface area contributed by atoms with Crippen LogP contribution in [0.2, 0.25) is 5.02 Å². The van der Waals surface area contributed by atoms with Crippen molar-refractivity contribution in [1.82, 2.24) is 4.90 Å². The van der Waals surface area contributed by atoms with E-state index in [1.165, 1.54) is 47.0 Å². The molecular weight excluding hydrogens is 473 g/mol. The topological polar surface area (TPSA) is 3.24 Å². The van der Waals surface area contributed by atoms with Crippen molar-refractivity contribution in [2.45, 2.75) is 62.0 Å². The molecule has 1 nitrogen and oxygen atoms in total. The van der Waals surface area contributed by atoms with Gasteiger partial charge in [-0.05, 0) is 111 Å². The summed E-state index contributed by atoms with van der Waals surface area (Å²) in [5.41, 5.74) is 1.05. The Morgan fingerprint density at radius 2 is 1.69 bits per heavy atom. The Morgan fingerprint density at radius 1 is 1.12 bits per heavy atom. The van der Waals surface area contributed by atoms with Gasteiger partial charge in [-0.2, -0.15) is 0 Å². The molecular formula is C22H27ClINS. The van der Waals surface area contributed by atoms with Gasteiger partial charge >= 0.3 is 0 Å². The van der Waals surface area contributed by atoms with Crippen molar-refractivity contribution in [3.8, 4) is 12.0 Å². The molecule has 1 aromatic rings. The molecule has 0 radical (unpaired) electrons. The minimum Gasteiger partial charge on any atom is -0.333 e. The van der Waals surface area contributed by atoms with Crippen LogP contribution in [-0.4, -0.2) is 22.7 Å². The van der Waals surface area contributed by atoms with Crippen LogP contribution in [0, 0.1) is 33.3 Å². The highest BCUT2D eigenvalue weighted by Crippen LogP contribution is 2.62. The second kappa shape index (κ2) is 7.76. The first kappa shape index (κ1) is 19.3. The highest BCUT2D eigenvalue weighted by molar-refractivity contribution is 14.1.